The molecule has 0 bridgehead atoms. The standard InChI is InChI=1S/C28H35N3O5/c1-3-36-28(35)21-13-16-30(17-14-21)25(32)19-29(2)26(33)22-10-7-15-31(18-22)27(34)24-12-6-9-20-8-4-5-11-23(20)24/h4-6,8-9,11-12,21-22H,3,7,10,13-19H2,1-2H3. The molecule has 0 saturated carbocycles. The molecular weight excluding hydrogens is 458 g/mol. The van der Waals surface area contributed by atoms with E-state index in [0.29, 0.717) is 57.6 Å². The number of esters is 1. The number of carbonyl (C=O) groups is 4. The maximum Gasteiger partial charge on any atom is 0.309 e. The van der Waals surface area contributed by atoms with Crippen molar-refractivity contribution in [2.24, 2.45) is 11.8 Å². The first-order chi connectivity index (χ1) is 17.4. The van der Waals surface area contributed by atoms with E-state index in [1.807, 2.05) is 42.5 Å². The largest absolute Gasteiger partial charge is 0.466 e. The first kappa shape index (κ1) is 25.7. The molecule has 8 nitrogen and oxygen atoms in total. The lowest BCUT2D eigenvalue weighted by Crippen LogP contribution is -2.49. The number of nitrogens with zero attached hydrogens (tertiary/aromatic N) is 3. The number of amides is 3. The SMILES string of the molecule is CCOC(=O)C1CCN(C(=O)CN(C)C(=O)C2CCCN(C(=O)c3cccc4ccccc34)C2)CC1. The van der Waals surface area contributed by atoms with Crippen LogP contribution in [0, 0.1) is 11.8 Å². The summed E-state index contributed by atoms with van der Waals surface area (Å²) in [5, 5.41) is 1.92. The number of likely N-dealkylation sites (N-methyl/N-ethyl adjacent to an activating group) is 1. The van der Waals surface area contributed by atoms with E-state index in [0.717, 1.165) is 17.2 Å². The van der Waals surface area contributed by atoms with Crippen molar-refractivity contribution in [1.29, 1.82) is 0 Å². The number of benzene rings is 2. The lowest BCUT2D eigenvalue weighted by molar-refractivity contribution is -0.151. The first-order valence-electron chi connectivity index (χ1n) is 12.9. The molecule has 8 heteroatoms. The van der Waals surface area contributed by atoms with E-state index in [1.165, 1.54) is 4.90 Å². The molecule has 4 rings (SSSR count). The normalized spacial score (nSPS) is 18.7. The minimum absolute atomic E-state index is 0.00330. The van der Waals surface area contributed by atoms with E-state index in [9.17, 15) is 19.2 Å². The van der Waals surface area contributed by atoms with Gasteiger partial charge in [0.15, 0.2) is 0 Å². The number of hydrogen-bond donors (Lipinski definition) is 0. The van der Waals surface area contributed by atoms with Crippen molar-refractivity contribution in [3.63, 3.8) is 0 Å². The minimum atomic E-state index is -0.329. The van der Waals surface area contributed by atoms with Gasteiger partial charge in [-0.25, -0.2) is 0 Å². The zero-order chi connectivity index (χ0) is 25.7. The molecule has 192 valence electrons. The zero-order valence-electron chi connectivity index (χ0n) is 21.2. The highest BCUT2D eigenvalue weighted by Gasteiger charge is 2.33. The Morgan fingerprint density at radius 1 is 0.917 bits per heavy atom. The number of piperidine rings is 2. The topological polar surface area (TPSA) is 87.2 Å². The molecule has 0 spiro atoms. The van der Waals surface area contributed by atoms with Gasteiger partial charge in [-0.3, -0.25) is 19.2 Å². The predicted molar refractivity (Wildman–Crippen MR) is 136 cm³/mol. The highest BCUT2D eigenvalue weighted by atomic mass is 16.5. The van der Waals surface area contributed by atoms with Crippen LogP contribution in [0.1, 0.15) is 43.0 Å². The van der Waals surface area contributed by atoms with Gasteiger partial charge in [0.25, 0.3) is 5.91 Å². The molecule has 0 radical (unpaired) electrons. The second-order valence-corrected chi connectivity index (χ2v) is 9.72. The Balaban J connectivity index is 1.32. The van der Waals surface area contributed by atoms with Gasteiger partial charge >= 0.3 is 5.97 Å². The third-order valence-corrected chi connectivity index (χ3v) is 7.29. The summed E-state index contributed by atoms with van der Waals surface area (Å²) in [5.41, 5.74) is 0.649. The molecule has 36 heavy (non-hydrogen) atoms. The molecule has 0 aromatic heterocycles. The molecule has 2 fully saturated rings. The van der Waals surface area contributed by atoms with Gasteiger partial charge in [0.05, 0.1) is 25.0 Å². The Morgan fingerprint density at radius 2 is 1.64 bits per heavy atom. The molecule has 2 aliphatic rings. The maximum absolute atomic E-state index is 13.4. The molecule has 3 amide bonds. The minimum Gasteiger partial charge on any atom is -0.466 e. The van der Waals surface area contributed by atoms with Gasteiger partial charge in [-0.05, 0) is 49.4 Å². The number of fused-ring (bicyclic) bond motifs is 1. The highest BCUT2D eigenvalue weighted by molar-refractivity contribution is 6.07. The third kappa shape index (κ3) is 5.69. The Bertz CT molecular complexity index is 1120. The average molecular weight is 494 g/mol. The van der Waals surface area contributed by atoms with Crippen LogP contribution in [0.5, 0.6) is 0 Å². The van der Waals surface area contributed by atoms with Crippen molar-refractivity contribution in [1.82, 2.24) is 14.7 Å². The molecule has 2 heterocycles. The van der Waals surface area contributed by atoms with Gasteiger partial charge in [0, 0.05) is 38.8 Å². The van der Waals surface area contributed by atoms with E-state index in [1.54, 1.807) is 23.8 Å². The molecule has 1 unspecified atom stereocenters. The number of likely N-dealkylation sites (tertiary alicyclic amines) is 2. The molecule has 0 N–H and O–H groups in total. The van der Waals surface area contributed by atoms with Crippen molar-refractivity contribution in [2.75, 3.05) is 46.4 Å². The van der Waals surface area contributed by atoms with Crippen LogP contribution in [-0.4, -0.2) is 84.8 Å². The summed E-state index contributed by atoms with van der Waals surface area (Å²) in [6.45, 7) is 4.08. The first-order valence-corrected chi connectivity index (χ1v) is 12.9. The van der Waals surface area contributed by atoms with Crippen LogP contribution in [0.15, 0.2) is 42.5 Å². The van der Waals surface area contributed by atoms with Gasteiger partial charge in [0.2, 0.25) is 11.8 Å². The Morgan fingerprint density at radius 3 is 2.39 bits per heavy atom. The predicted octanol–water partition coefficient (Wildman–Crippen LogP) is 2.95. The van der Waals surface area contributed by atoms with Gasteiger partial charge in [-0.15, -0.1) is 0 Å². The van der Waals surface area contributed by atoms with E-state index >= 15 is 0 Å². The Labute approximate surface area is 212 Å². The van der Waals surface area contributed by atoms with Crippen LogP contribution in [0.4, 0.5) is 0 Å². The lowest BCUT2D eigenvalue weighted by atomic mass is 9.95. The van der Waals surface area contributed by atoms with E-state index in [2.05, 4.69) is 0 Å². The van der Waals surface area contributed by atoms with Gasteiger partial charge in [-0.2, -0.15) is 0 Å². The van der Waals surface area contributed by atoms with Crippen molar-refractivity contribution in [2.45, 2.75) is 32.6 Å². The van der Waals surface area contributed by atoms with E-state index in [4.69, 9.17) is 4.74 Å². The fraction of sp³-hybridized carbons (Fsp3) is 0.500. The summed E-state index contributed by atoms with van der Waals surface area (Å²) in [6, 6.07) is 13.5. The molecule has 1 atom stereocenters. The second-order valence-electron chi connectivity index (χ2n) is 9.72. The van der Waals surface area contributed by atoms with E-state index < -0.39 is 0 Å². The smallest absolute Gasteiger partial charge is 0.309 e. The van der Waals surface area contributed by atoms with Crippen molar-refractivity contribution >= 4 is 34.5 Å². The quantitative estimate of drug-likeness (QED) is 0.578. The summed E-state index contributed by atoms with van der Waals surface area (Å²) < 4.78 is 5.09. The summed E-state index contributed by atoms with van der Waals surface area (Å²) >= 11 is 0. The van der Waals surface area contributed by atoms with Crippen LogP contribution in [0.2, 0.25) is 0 Å². The molecule has 0 aliphatic carbocycles. The molecule has 2 aromatic carbocycles. The number of rotatable bonds is 6. The fourth-order valence-corrected chi connectivity index (χ4v) is 5.26. The highest BCUT2D eigenvalue weighted by Crippen LogP contribution is 2.25. The summed E-state index contributed by atoms with van der Waals surface area (Å²) in [4.78, 5) is 56.3. The van der Waals surface area contributed by atoms with Crippen LogP contribution < -0.4 is 0 Å². The van der Waals surface area contributed by atoms with Crippen LogP contribution in [-0.2, 0) is 19.1 Å². The molecule has 2 aliphatic heterocycles. The second kappa shape index (κ2) is 11.5. The number of hydrogen-bond acceptors (Lipinski definition) is 5. The van der Waals surface area contributed by atoms with Crippen LogP contribution in [0.25, 0.3) is 10.8 Å². The number of ether oxygens (including phenoxy) is 1. The van der Waals surface area contributed by atoms with Crippen molar-refractivity contribution in [3.8, 4) is 0 Å². The van der Waals surface area contributed by atoms with Crippen molar-refractivity contribution < 1.29 is 23.9 Å². The maximum atomic E-state index is 13.4. The lowest BCUT2D eigenvalue weighted by Gasteiger charge is -2.35. The van der Waals surface area contributed by atoms with Crippen LogP contribution >= 0.6 is 0 Å². The number of carbonyl (C=O) groups excluding carboxylic acids is 4. The van der Waals surface area contributed by atoms with Crippen LogP contribution in [0.3, 0.4) is 0 Å². The van der Waals surface area contributed by atoms with Gasteiger partial charge in [-0.1, -0.05) is 36.4 Å². The third-order valence-electron chi connectivity index (χ3n) is 7.29. The van der Waals surface area contributed by atoms with E-state index in [-0.39, 0.29) is 42.1 Å². The average Bonchev–Trinajstić information content (AvgIpc) is 2.92. The molecular formula is C28H35N3O5. The summed E-state index contributed by atoms with van der Waals surface area (Å²) in [6.07, 6.45) is 2.60. The Kier molecular flexibility index (Phi) is 8.23. The molecule has 2 saturated heterocycles. The monoisotopic (exact) mass is 493 g/mol. The fourth-order valence-electron chi connectivity index (χ4n) is 5.26. The summed E-state index contributed by atoms with van der Waals surface area (Å²) in [7, 11) is 1.65. The Hall–Kier alpha value is -3.42. The molecule has 2 aromatic rings. The zero-order valence-corrected chi connectivity index (χ0v) is 21.2. The van der Waals surface area contributed by atoms with Gasteiger partial charge in [0.1, 0.15) is 0 Å². The summed E-state index contributed by atoms with van der Waals surface area (Å²) in [5.74, 6) is -0.983. The van der Waals surface area contributed by atoms with Crippen molar-refractivity contribution in [3.05, 3.63) is 48.0 Å². The van der Waals surface area contributed by atoms with Gasteiger partial charge < -0.3 is 19.4 Å².